The number of benzene rings is 1. The van der Waals surface area contributed by atoms with E-state index in [9.17, 15) is 14.7 Å². The van der Waals surface area contributed by atoms with Crippen LogP contribution in [0.4, 0.5) is 0 Å². The topological polar surface area (TPSA) is 66.8 Å². The summed E-state index contributed by atoms with van der Waals surface area (Å²) in [5.74, 6) is 0.755. The lowest BCUT2D eigenvalue weighted by atomic mass is 9.82. The smallest absolute Gasteiger partial charge is 0.309 e. The average Bonchev–Trinajstić information content (AvgIpc) is 3.07. The van der Waals surface area contributed by atoms with Crippen molar-refractivity contribution in [3.63, 3.8) is 0 Å². The van der Waals surface area contributed by atoms with Gasteiger partial charge in [-0.05, 0) is 55.7 Å². The summed E-state index contributed by atoms with van der Waals surface area (Å²) in [4.78, 5) is 27.2. The highest BCUT2D eigenvalue weighted by Crippen LogP contribution is 2.36. The predicted molar refractivity (Wildman–Crippen MR) is 98.6 cm³/mol. The molecular formula is C21H29NO4. The van der Waals surface area contributed by atoms with Crippen LogP contribution in [0.3, 0.4) is 0 Å². The van der Waals surface area contributed by atoms with Crippen molar-refractivity contribution in [1.82, 2.24) is 4.90 Å². The number of ether oxygens (including phenoxy) is 1. The van der Waals surface area contributed by atoms with Gasteiger partial charge in [0.2, 0.25) is 5.91 Å². The molecule has 1 saturated heterocycles. The van der Waals surface area contributed by atoms with Crippen LogP contribution >= 0.6 is 0 Å². The van der Waals surface area contributed by atoms with Crippen LogP contribution < -0.4 is 0 Å². The van der Waals surface area contributed by atoms with E-state index in [0.29, 0.717) is 24.9 Å². The van der Waals surface area contributed by atoms with Crippen LogP contribution in [-0.4, -0.2) is 41.6 Å². The van der Waals surface area contributed by atoms with E-state index in [4.69, 9.17) is 4.74 Å². The number of esters is 1. The number of nitrogens with zero attached hydrogens (tertiary/aromatic N) is 1. The molecule has 1 amide bonds. The highest BCUT2D eigenvalue weighted by molar-refractivity contribution is 5.83. The first-order valence-electron chi connectivity index (χ1n) is 9.79. The monoisotopic (exact) mass is 359 g/mol. The molecule has 1 heterocycles. The summed E-state index contributed by atoms with van der Waals surface area (Å²) in [5, 5.41) is 9.42. The van der Waals surface area contributed by atoms with Gasteiger partial charge >= 0.3 is 5.97 Å². The van der Waals surface area contributed by atoms with Crippen molar-refractivity contribution in [2.24, 2.45) is 17.8 Å². The summed E-state index contributed by atoms with van der Waals surface area (Å²) in [6.07, 6.45) is 5.64. The van der Waals surface area contributed by atoms with Gasteiger partial charge in [-0.15, -0.1) is 0 Å². The fraction of sp³-hybridized carbons (Fsp3) is 0.619. The zero-order valence-electron chi connectivity index (χ0n) is 15.5. The quantitative estimate of drug-likeness (QED) is 0.793. The molecule has 5 nitrogen and oxygen atoms in total. The van der Waals surface area contributed by atoms with Crippen LogP contribution in [0.2, 0.25) is 0 Å². The molecule has 1 aromatic rings. The third kappa shape index (κ3) is 4.57. The zero-order chi connectivity index (χ0) is 18.5. The number of rotatable bonds is 6. The van der Waals surface area contributed by atoms with E-state index in [1.807, 2.05) is 4.90 Å². The Bertz CT molecular complexity index is 613. The van der Waals surface area contributed by atoms with E-state index in [0.717, 1.165) is 18.7 Å². The van der Waals surface area contributed by atoms with E-state index < -0.39 is 5.92 Å². The van der Waals surface area contributed by atoms with Crippen LogP contribution in [-0.2, 0) is 20.7 Å². The first-order valence-corrected chi connectivity index (χ1v) is 9.79. The number of amides is 1. The van der Waals surface area contributed by atoms with Crippen LogP contribution in [0.25, 0.3) is 0 Å². The summed E-state index contributed by atoms with van der Waals surface area (Å²) in [6, 6.07) is 6.78. The summed E-state index contributed by atoms with van der Waals surface area (Å²) in [5.41, 5.74) is 0.920. The highest BCUT2D eigenvalue weighted by atomic mass is 16.5. The van der Waals surface area contributed by atoms with Gasteiger partial charge in [0.15, 0.2) is 0 Å². The van der Waals surface area contributed by atoms with Crippen molar-refractivity contribution >= 4 is 11.9 Å². The maximum absolute atomic E-state index is 12.8. The minimum atomic E-state index is -0.477. The molecule has 3 atom stereocenters. The first-order chi connectivity index (χ1) is 12.6. The van der Waals surface area contributed by atoms with Crippen molar-refractivity contribution in [2.75, 3.05) is 19.7 Å². The predicted octanol–water partition coefficient (Wildman–Crippen LogP) is 3.15. The second-order valence-electron chi connectivity index (χ2n) is 7.63. The van der Waals surface area contributed by atoms with Crippen LogP contribution in [0, 0.1) is 17.8 Å². The molecule has 0 radical (unpaired) electrons. The van der Waals surface area contributed by atoms with Crippen molar-refractivity contribution in [3.8, 4) is 5.75 Å². The average molecular weight is 359 g/mol. The Hall–Kier alpha value is -2.04. The number of hydrogen-bond acceptors (Lipinski definition) is 4. The fourth-order valence-electron chi connectivity index (χ4n) is 4.36. The Labute approximate surface area is 155 Å². The van der Waals surface area contributed by atoms with Gasteiger partial charge in [0, 0.05) is 19.5 Å². The minimum Gasteiger partial charge on any atom is -0.508 e. The lowest BCUT2D eigenvalue weighted by Gasteiger charge is -2.22. The Morgan fingerprint density at radius 1 is 1.15 bits per heavy atom. The van der Waals surface area contributed by atoms with Crippen LogP contribution in [0.1, 0.15) is 44.6 Å². The van der Waals surface area contributed by atoms with Gasteiger partial charge < -0.3 is 14.7 Å². The molecule has 1 aromatic carbocycles. The number of carbonyl (C=O) groups is 2. The molecule has 0 bridgehead atoms. The molecule has 142 valence electrons. The van der Waals surface area contributed by atoms with Crippen molar-refractivity contribution in [2.45, 2.75) is 45.4 Å². The van der Waals surface area contributed by atoms with Gasteiger partial charge in [-0.3, -0.25) is 9.59 Å². The molecule has 1 saturated carbocycles. The van der Waals surface area contributed by atoms with E-state index in [2.05, 4.69) is 0 Å². The highest BCUT2D eigenvalue weighted by Gasteiger charge is 2.37. The molecule has 3 rings (SSSR count). The van der Waals surface area contributed by atoms with Crippen molar-refractivity contribution in [1.29, 1.82) is 0 Å². The molecule has 0 spiro atoms. The van der Waals surface area contributed by atoms with E-state index in [1.54, 1.807) is 31.2 Å². The second kappa shape index (κ2) is 8.56. The Balaban J connectivity index is 1.63. The lowest BCUT2D eigenvalue weighted by Crippen LogP contribution is -2.33. The Morgan fingerprint density at radius 3 is 2.35 bits per heavy atom. The van der Waals surface area contributed by atoms with Gasteiger partial charge in [0.25, 0.3) is 0 Å². The molecule has 0 aromatic heterocycles. The Kier molecular flexibility index (Phi) is 6.17. The van der Waals surface area contributed by atoms with Gasteiger partial charge in [-0.2, -0.15) is 0 Å². The lowest BCUT2D eigenvalue weighted by molar-refractivity contribution is -0.151. The van der Waals surface area contributed by atoms with Crippen LogP contribution in [0.15, 0.2) is 24.3 Å². The molecule has 1 unspecified atom stereocenters. The molecular weight excluding hydrogens is 330 g/mol. The Morgan fingerprint density at radius 2 is 1.77 bits per heavy atom. The molecule has 2 aliphatic rings. The van der Waals surface area contributed by atoms with Gasteiger partial charge in [0.1, 0.15) is 5.75 Å². The molecule has 1 aliphatic carbocycles. The molecule has 2 fully saturated rings. The van der Waals surface area contributed by atoms with E-state index in [1.165, 1.54) is 25.7 Å². The SMILES string of the molecule is CCOC(=O)C(CC(=O)N1C[C@H]2CCCC[C@H]2C1)Cc1ccc(O)cc1. The van der Waals surface area contributed by atoms with Crippen molar-refractivity contribution in [3.05, 3.63) is 29.8 Å². The first kappa shape index (κ1) is 18.7. The number of phenols is 1. The van der Waals surface area contributed by atoms with E-state index in [-0.39, 0.29) is 24.0 Å². The largest absolute Gasteiger partial charge is 0.508 e. The third-order valence-corrected chi connectivity index (χ3v) is 5.79. The maximum Gasteiger partial charge on any atom is 0.309 e. The maximum atomic E-state index is 12.8. The number of aromatic hydroxyl groups is 1. The van der Waals surface area contributed by atoms with Crippen LogP contribution in [0.5, 0.6) is 5.75 Å². The summed E-state index contributed by atoms with van der Waals surface area (Å²) in [7, 11) is 0. The second-order valence-corrected chi connectivity index (χ2v) is 7.63. The molecule has 5 heteroatoms. The molecule has 1 aliphatic heterocycles. The van der Waals surface area contributed by atoms with E-state index >= 15 is 0 Å². The number of hydrogen-bond donors (Lipinski definition) is 1. The number of phenolic OH excluding ortho intramolecular Hbond substituents is 1. The summed E-state index contributed by atoms with van der Waals surface area (Å²) in [6.45, 7) is 3.78. The third-order valence-electron chi connectivity index (χ3n) is 5.79. The zero-order valence-corrected chi connectivity index (χ0v) is 15.5. The fourth-order valence-corrected chi connectivity index (χ4v) is 4.36. The van der Waals surface area contributed by atoms with Gasteiger partial charge in [-0.1, -0.05) is 25.0 Å². The number of carbonyl (C=O) groups excluding carboxylic acids is 2. The summed E-state index contributed by atoms with van der Waals surface area (Å²) < 4.78 is 5.20. The normalized spacial score (nSPS) is 23.3. The number of fused-ring (bicyclic) bond motifs is 1. The summed E-state index contributed by atoms with van der Waals surface area (Å²) >= 11 is 0. The van der Waals surface area contributed by atoms with Crippen molar-refractivity contribution < 1.29 is 19.4 Å². The minimum absolute atomic E-state index is 0.0660. The molecule has 26 heavy (non-hydrogen) atoms. The van der Waals surface area contributed by atoms with Gasteiger partial charge in [-0.25, -0.2) is 0 Å². The number of likely N-dealkylation sites (tertiary alicyclic amines) is 1. The van der Waals surface area contributed by atoms with Gasteiger partial charge in [0.05, 0.1) is 12.5 Å². The molecule has 1 N–H and O–H groups in total. The standard InChI is InChI=1S/C21H29NO4/c1-2-26-21(25)18(11-15-7-9-19(23)10-8-15)12-20(24)22-13-16-5-3-4-6-17(16)14-22/h7-10,16-18,23H,2-6,11-14H2,1H3/t16-,17+,18?.